The first-order valence-electron chi connectivity index (χ1n) is 5.03. The topological polar surface area (TPSA) is 39.7 Å². The van der Waals surface area contributed by atoms with Gasteiger partial charge in [0.25, 0.3) is 0 Å². The van der Waals surface area contributed by atoms with Gasteiger partial charge >= 0.3 is 8.80 Å². The third-order valence-corrected chi connectivity index (χ3v) is 5.45. The largest absolute Gasteiger partial charge is 0.504 e. The van der Waals surface area contributed by atoms with Crippen LogP contribution in [0.15, 0.2) is 0 Å². The molecule has 0 aromatic rings. The quantitative estimate of drug-likeness (QED) is 0.495. The van der Waals surface area contributed by atoms with Crippen molar-refractivity contribution in [2.24, 2.45) is 0 Å². The lowest BCUT2D eigenvalue weighted by atomic mass is 10.4. The Morgan fingerprint density at radius 3 is 2.00 bits per heavy atom. The molecular formula is C9H23NO3Si. The molecule has 0 aliphatic rings. The van der Waals surface area contributed by atoms with Gasteiger partial charge in [-0.15, -0.1) is 0 Å². The number of hydrogen-bond acceptors (Lipinski definition) is 4. The monoisotopic (exact) mass is 221 g/mol. The fourth-order valence-electron chi connectivity index (χ4n) is 1.47. The van der Waals surface area contributed by atoms with Crippen LogP contribution in [0.25, 0.3) is 0 Å². The Balaban J connectivity index is 4.07. The van der Waals surface area contributed by atoms with Gasteiger partial charge in [0.2, 0.25) is 0 Å². The average Bonchev–Trinajstić information content (AvgIpc) is 2.22. The molecule has 0 saturated heterocycles. The van der Waals surface area contributed by atoms with Crippen molar-refractivity contribution in [1.82, 2.24) is 5.32 Å². The molecule has 0 aromatic carbocycles. The van der Waals surface area contributed by atoms with Gasteiger partial charge in [-0.25, -0.2) is 0 Å². The molecule has 4 nitrogen and oxygen atoms in total. The molecule has 14 heavy (non-hydrogen) atoms. The standard InChI is InChI=1S/C9H23NO3Si/c1-6-7-10-8-9(2)14(11-3,12-4)13-5/h9-10H,6-8H2,1-5H3. The van der Waals surface area contributed by atoms with E-state index in [0.29, 0.717) is 0 Å². The van der Waals surface area contributed by atoms with Crippen LogP contribution in [0.4, 0.5) is 0 Å². The van der Waals surface area contributed by atoms with Crippen molar-refractivity contribution in [1.29, 1.82) is 0 Å². The molecule has 0 bridgehead atoms. The summed E-state index contributed by atoms with van der Waals surface area (Å²) in [6.45, 7) is 6.12. The van der Waals surface area contributed by atoms with E-state index in [9.17, 15) is 0 Å². The van der Waals surface area contributed by atoms with Crippen LogP contribution >= 0.6 is 0 Å². The molecule has 0 amide bonds. The summed E-state index contributed by atoms with van der Waals surface area (Å²) in [6, 6.07) is 0. The Morgan fingerprint density at radius 2 is 1.64 bits per heavy atom. The molecule has 0 fully saturated rings. The van der Waals surface area contributed by atoms with Crippen LogP contribution in [0, 0.1) is 0 Å². The summed E-state index contributed by atoms with van der Waals surface area (Å²) in [4.78, 5) is 0. The fraction of sp³-hybridized carbons (Fsp3) is 1.00. The first kappa shape index (κ1) is 14.1. The van der Waals surface area contributed by atoms with E-state index in [2.05, 4.69) is 19.2 Å². The number of nitrogens with one attached hydrogen (secondary N) is 1. The van der Waals surface area contributed by atoms with Crippen LogP contribution in [0.5, 0.6) is 0 Å². The van der Waals surface area contributed by atoms with Crippen molar-refractivity contribution in [3.05, 3.63) is 0 Å². The minimum atomic E-state index is -2.43. The van der Waals surface area contributed by atoms with Crippen molar-refractivity contribution in [3.63, 3.8) is 0 Å². The predicted molar refractivity (Wildman–Crippen MR) is 59.4 cm³/mol. The zero-order valence-electron chi connectivity index (χ0n) is 9.92. The lowest BCUT2D eigenvalue weighted by Gasteiger charge is -2.30. The minimum absolute atomic E-state index is 0.272. The highest BCUT2D eigenvalue weighted by Gasteiger charge is 2.44. The molecule has 5 heteroatoms. The highest BCUT2D eigenvalue weighted by Crippen LogP contribution is 2.22. The van der Waals surface area contributed by atoms with Crippen molar-refractivity contribution < 1.29 is 13.3 Å². The van der Waals surface area contributed by atoms with Gasteiger partial charge in [0, 0.05) is 33.4 Å². The summed E-state index contributed by atoms with van der Waals surface area (Å²) in [6.07, 6.45) is 1.13. The Bertz CT molecular complexity index is 134. The highest BCUT2D eigenvalue weighted by molar-refractivity contribution is 6.62. The van der Waals surface area contributed by atoms with Gasteiger partial charge in [-0.2, -0.15) is 0 Å². The first-order valence-corrected chi connectivity index (χ1v) is 6.83. The van der Waals surface area contributed by atoms with Crippen LogP contribution in [0.3, 0.4) is 0 Å². The van der Waals surface area contributed by atoms with Crippen LogP contribution in [0.1, 0.15) is 20.3 Å². The molecule has 0 saturated carbocycles. The summed E-state index contributed by atoms with van der Waals surface area (Å²) >= 11 is 0. The molecular weight excluding hydrogens is 198 g/mol. The molecule has 86 valence electrons. The van der Waals surface area contributed by atoms with Gasteiger partial charge in [-0.1, -0.05) is 13.8 Å². The molecule has 0 aromatic heterocycles. The van der Waals surface area contributed by atoms with Crippen molar-refractivity contribution in [2.75, 3.05) is 34.4 Å². The lowest BCUT2D eigenvalue weighted by Crippen LogP contribution is -2.49. The number of rotatable bonds is 8. The molecule has 0 heterocycles. The maximum absolute atomic E-state index is 5.38. The van der Waals surface area contributed by atoms with E-state index in [1.807, 2.05) is 0 Å². The van der Waals surface area contributed by atoms with Crippen LogP contribution < -0.4 is 5.32 Å². The Morgan fingerprint density at radius 1 is 1.14 bits per heavy atom. The van der Waals surface area contributed by atoms with Crippen LogP contribution in [0.2, 0.25) is 5.54 Å². The molecule has 0 spiro atoms. The van der Waals surface area contributed by atoms with Gasteiger partial charge < -0.3 is 18.6 Å². The van der Waals surface area contributed by atoms with Crippen LogP contribution in [-0.2, 0) is 13.3 Å². The van der Waals surface area contributed by atoms with Gasteiger partial charge in [-0.05, 0) is 13.0 Å². The second-order valence-corrected chi connectivity index (χ2v) is 6.74. The van der Waals surface area contributed by atoms with E-state index in [0.717, 1.165) is 19.5 Å². The van der Waals surface area contributed by atoms with E-state index in [1.165, 1.54) is 0 Å². The van der Waals surface area contributed by atoms with Gasteiger partial charge in [0.15, 0.2) is 0 Å². The van der Waals surface area contributed by atoms with Crippen molar-refractivity contribution in [2.45, 2.75) is 25.8 Å². The smallest absolute Gasteiger partial charge is 0.377 e. The molecule has 0 radical (unpaired) electrons. The second-order valence-electron chi connectivity index (χ2n) is 3.32. The molecule has 1 N–H and O–H groups in total. The molecule has 0 aliphatic carbocycles. The van der Waals surface area contributed by atoms with E-state index in [4.69, 9.17) is 13.3 Å². The van der Waals surface area contributed by atoms with E-state index >= 15 is 0 Å². The summed E-state index contributed by atoms with van der Waals surface area (Å²) in [5.74, 6) is 0. The highest BCUT2D eigenvalue weighted by atomic mass is 28.4. The average molecular weight is 221 g/mol. The predicted octanol–water partition coefficient (Wildman–Crippen LogP) is 1.25. The second kappa shape index (κ2) is 7.36. The minimum Gasteiger partial charge on any atom is -0.377 e. The summed E-state index contributed by atoms with van der Waals surface area (Å²) in [7, 11) is 2.51. The van der Waals surface area contributed by atoms with Crippen molar-refractivity contribution >= 4 is 8.80 Å². The maximum atomic E-state index is 5.38. The van der Waals surface area contributed by atoms with E-state index < -0.39 is 8.80 Å². The zero-order valence-corrected chi connectivity index (χ0v) is 10.9. The molecule has 1 atom stereocenters. The van der Waals surface area contributed by atoms with E-state index in [1.54, 1.807) is 21.3 Å². The van der Waals surface area contributed by atoms with Gasteiger partial charge in [-0.3, -0.25) is 0 Å². The van der Waals surface area contributed by atoms with Crippen LogP contribution in [-0.4, -0.2) is 43.2 Å². The van der Waals surface area contributed by atoms with Gasteiger partial charge in [0.1, 0.15) is 0 Å². The third-order valence-electron chi connectivity index (χ3n) is 2.33. The lowest BCUT2D eigenvalue weighted by molar-refractivity contribution is 0.113. The Hall–Kier alpha value is 0.0569. The number of hydrogen-bond donors (Lipinski definition) is 1. The first-order chi connectivity index (χ1) is 6.66. The van der Waals surface area contributed by atoms with E-state index in [-0.39, 0.29) is 5.54 Å². The fourth-order valence-corrected chi connectivity index (χ4v) is 3.58. The molecule has 0 aliphatic heterocycles. The molecule has 0 rings (SSSR count). The Kier molecular flexibility index (Phi) is 7.39. The zero-order chi connectivity index (χ0) is 11.0. The summed E-state index contributed by atoms with van der Waals surface area (Å²) in [5, 5.41) is 3.34. The van der Waals surface area contributed by atoms with Gasteiger partial charge in [0.05, 0.1) is 0 Å². The normalized spacial score (nSPS) is 14.4. The molecule has 1 unspecified atom stereocenters. The Labute approximate surface area is 88.3 Å². The third kappa shape index (κ3) is 3.66. The summed E-state index contributed by atoms with van der Waals surface area (Å²) in [5.41, 5.74) is 0.272. The maximum Gasteiger partial charge on any atom is 0.504 e. The summed E-state index contributed by atoms with van der Waals surface area (Å²) < 4.78 is 16.1. The SMILES string of the molecule is CCCNCC(C)[Si](OC)(OC)OC. The van der Waals surface area contributed by atoms with Crippen molar-refractivity contribution in [3.8, 4) is 0 Å².